The Morgan fingerprint density at radius 1 is 1.42 bits per heavy atom. The molecule has 1 saturated carbocycles. The molecule has 0 bridgehead atoms. The number of hydrogen-bond donors (Lipinski definition) is 1. The topological polar surface area (TPSA) is 55.2 Å². The van der Waals surface area contributed by atoms with Crippen molar-refractivity contribution in [3.8, 4) is 0 Å². The van der Waals surface area contributed by atoms with Crippen LogP contribution >= 0.6 is 11.8 Å². The molecule has 4 nitrogen and oxygen atoms in total. The molecule has 19 heavy (non-hydrogen) atoms. The van der Waals surface area contributed by atoms with E-state index in [1.54, 1.807) is 11.8 Å². The van der Waals surface area contributed by atoms with Gasteiger partial charge in [-0.1, -0.05) is 0 Å². The van der Waals surface area contributed by atoms with Crippen LogP contribution in [0.5, 0.6) is 0 Å². The number of thioether (sulfide) groups is 1. The fourth-order valence-electron chi connectivity index (χ4n) is 1.87. The Morgan fingerprint density at radius 3 is 2.63 bits per heavy atom. The van der Waals surface area contributed by atoms with Gasteiger partial charge in [0.05, 0.1) is 4.92 Å². The lowest BCUT2D eigenvalue weighted by molar-refractivity contribution is -0.387. The van der Waals surface area contributed by atoms with Crippen LogP contribution in [-0.2, 0) is 6.54 Å². The lowest BCUT2D eigenvalue weighted by Gasteiger charge is -2.13. The van der Waals surface area contributed by atoms with E-state index in [0.717, 1.165) is 25.5 Å². The van der Waals surface area contributed by atoms with Gasteiger partial charge in [-0.2, -0.15) is 16.2 Å². The molecule has 7 heteroatoms. The third-order valence-corrected chi connectivity index (χ3v) is 4.73. The highest BCUT2D eigenvalue weighted by Gasteiger charge is 2.41. The van der Waals surface area contributed by atoms with Gasteiger partial charge in [0.1, 0.15) is 5.82 Å². The first-order valence-corrected chi connectivity index (χ1v) is 7.08. The van der Waals surface area contributed by atoms with Crippen molar-refractivity contribution >= 4 is 17.4 Å². The summed E-state index contributed by atoms with van der Waals surface area (Å²) < 4.78 is 26.9. The molecule has 1 aliphatic rings. The second-order valence-electron chi connectivity index (χ2n) is 4.64. The van der Waals surface area contributed by atoms with Gasteiger partial charge in [-0.05, 0) is 19.1 Å². The average Bonchev–Trinajstić information content (AvgIpc) is 3.12. The summed E-state index contributed by atoms with van der Waals surface area (Å²) in [5, 5.41) is 13.7. The van der Waals surface area contributed by atoms with Crippen molar-refractivity contribution in [3.63, 3.8) is 0 Å². The standard InChI is InChI=1S/C12H14F2N2O2S/c1-19-12(2-3-12)7-15-6-8-4-11(16(17)18)10(14)5-9(8)13/h4-5,15H,2-3,6-7H2,1H3. The Balaban J connectivity index is 2.03. The summed E-state index contributed by atoms with van der Waals surface area (Å²) in [5.41, 5.74) is -0.575. The van der Waals surface area contributed by atoms with E-state index in [0.29, 0.717) is 6.07 Å². The summed E-state index contributed by atoms with van der Waals surface area (Å²) in [7, 11) is 0. The van der Waals surface area contributed by atoms with Crippen molar-refractivity contribution in [2.24, 2.45) is 0 Å². The first kappa shape index (κ1) is 14.2. The smallest absolute Gasteiger partial charge is 0.305 e. The Morgan fingerprint density at radius 2 is 2.11 bits per heavy atom. The average molecular weight is 288 g/mol. The lowest BCUT2D eigenvalue weighted by Crippen LogP contribution is -2.25. The van der Waals surface area contributed by atoms with E-state index in [9.17, 15) is 18.9 Å². The molecule has 0 unspecified atom stereocenters. The Kier molecular flexibility index (Phi) is 4.05. The van der Waals surface area contributed by atoms with E-state index in [4.69, 9.17) is 0 Å². The number of hydrogen-bond acceptors (Lipinski definition) is 4. The molecule has 0 radical (unpaired) electrons. The van der Waals surface area contributed by atoms with E-state index < -0.39 is 22.2 Å². The molecule has 1 aromatic carbocycles. The first-order valence-electron chi connectivity index (χ1n) is 5.86. The van der Waals surface area contributed by atoms with Gasteiger partial charge in [0, 0.05) is 35.5 Å². The van der Waals surface area contributed by atoms with Gasteiger partial charge in [0.15, 0.2) is 0 Å². The van der Waals surface area contributed by atoms with Crippen LogP contribution in [0.4, 0.5) is 14.5 Å². The minimum atomic E-state index is -1.14. The normalized spacial score (nSPS) is 16.4. The Hall–Kier alpha value is -1.21. The van der Waals surface area contributed by atoms with E-state index >= 15 is 0 Å². The highest BCUT2D eigenvalue weighted by molar-refractivity contribution is 8.00. The van der Waals surface area contributed by atoms with Crippen LogP contribution in [0.25, 0.3) is 0 Å². The van der Waals surface area contributed by atoms with Crippen molar-refractivity contribution in [1.82, 2.24) is 5.32 Å². The molecule has 2 rings (SSSR count). The number of rotatable bonds is 6. The highest BCUT2D eigenvalue weighted by atomic mass is 32.2. The molecule has 0 saturated heterocycles. The van der Waals surface area contributed by atoms with Gasteiger partial charge in [0.25, 0.3) is 0 Å². The molecule has 1 aliphatic carbocycles. The molecule has 104 valence electrons. The van der Waals surface area contributed by atoms with Crippen molar-refractivity contribution in [2.75, 3.05) is 12.8 Å². The Bertz CT molecular complexity index is 507. The van der Waals surface area contributed by atoms with Crippen molar-refractivity contribution in [2.45, 2.75) is 24.1 Å². The van der Waals surface area contributed by atoms with Crippen molar-refractivity contribution < 1.29 is 13.7 Å². The second-order valence-corrected chi connectivity index (χ2v) is 5.92. The summed E-state index contributed by atoms with van der Waals surface area (Å²) >= 11 is 1.76. The SMILES string of the molecule is CSC1(CNCc2cc([N+](=O)[O-])c(F)cc2F)CC1. The van der Waals surface area contributed by atoms with Crippen LogP contribution in [0.15, 0.2) is 12.1 Å². The van der Waals surface area contributed by atoms with Crippen LogP contribution in [0, 0.1) is 21.7 Å². The summed E-state index contributed by atoms with van der Waals surface area (Å²) in [6.45, 7) is 0.883. The maximum atomic E-state index is 13.5. The minimum absolute atomic E-state index is 0.116. The third kappa shape index (κ3) is 3.22. The second kappa shape index (κ2) is 5.42. The summed E-state index contributed by atoms with van der Waals surface area (Å²) in [5.74, 6) is -1.90. The van der Waals surface area contributed by atoms with E-state index in [-0.39, 0.29) is 16.9 Å². The van der Waals surface area contributed by atoms with Gasteiger partial charge in [-0.25, -0.2) is 4.39 Å². The number of nitrogens with one attached hydrogen (secondary N) is 1. The van der Waals surface area contributed by atoms with E-state index in [2.05, 4.69) is 5.32 Å². The molecule has 0 amide bonds. The molecule has 1 aromatic rings. The maximum Gasteiger partial charge on any atom is 0.305 e. The third-order valence-electron chi connectivity index (χ3n) is 3.32. The summed E-state index contributed by atoms with van der Waals surface area (Å²) in [4.78, 5) is 9.75. The molecule has 1 fully saturated rings. The number of benzene rings is 1. The van der Waals surface area contributed by atoms with Crippen LogP contribution in [-0.4, -0.2) is 22.5 Å². The van der Waals surface area contributed by atoms with Crippen LogP contribution in [0.1, 0.15) is 18.4 Å². The molecule has 0 atom stereocenters. The molecular weight excluding hydrogens is 274 g/mol. The highest BCUT2D eigenvalue weighted by Crippen LogP contribution is 2.46. The van der Waals surface area contributed by atoms with Crippen LogP contribution in [0.2, 0.25) is 0 Å². The quantitative estimate of drug-likeness (QED) is 0.646. The van der Waals surface area contributed by atoms with Gasteiger partial charge >= 0.3 is 5.69 Å². The monoisotopic (exact) mass is 288 g/mol. The fraction of sp³-hybridized carbons (Fsp3) is 0.500. The predicted molar refractivity (Wildman–Crippen MR) is 70.2 cm³/mol. The number of halogens is 2. The van der Waals surface area contributed by atoms with Gasteiger partial charge in [-0.3, -0.25) is 10.1 Å². The summed E-state index contributed by atoms with van der Waals surface area (Å²) in [6, 6.07) is 1.52. The zero-order valence-corrected chi connectivity index (χ0v) is 11.2. The van der Waals surface area contributed by atoms with Crippen molar-refractivity contribution in [1.29, 1.82) is 0 Å². The summed E-state index contributed by atoms with van der Waals surface area (Å²) in [6.07, 6.45) is 4.26. The van der Waals surface area contributed by atoms with Crippen LogP contribution < -0.4 is 5.32 Å². The van der Waals surface area contributed by atoms with Gasteiger partial charge in [-0.15, -0.1) is 0 Å². The number of nitro groups is 1. The maximum absolute atomic E-state index is 13.5. The largest absolute Gasteiger partial charge is 0.311 e. The lowest BCUT2D eigenvalue weighted by atomic mass is 10.1. The number of nitrogens with zero attached hydrogens (tertiary/aromatic N) is 1. The molecule has 0 aliphatic heterocycles. The Labute approximate surface area is 113 Å². The molecular formula is C12H14F2N2O2S. The predicted octanol–water partition coefficient (Wildman–Crippen LogP) is 2.86. The van der Waals surface area contributed by atoms with E-state index in [1.807, 2.05) is 6.26 Å². The number of nitro benzene ring substituents is 1. The van der Waals surface area contributed by atoms with Gasteiger partial charge < -0.3 is 5.32 Å². The van der Waals surface area contributed by atoms with Crippen LogP contribution in [0.3, 0.4) is 0 Å². The van der Waals surface area contributed by atoms with Gasteiger partial charge in [0.2, 0.25) is 5.82 Å². The molecule has 0 aromatic heterocycles. The fourth-order valence-corrected chi connectivity index (χ4v) is 2.63. The molecule has 0 heterocycles. The van der Waals surface area contributed by atoms with E-state index in [1.165, 1.54) is 0 Å². The molecule has 1 N–H and O–H groups in total. The first-order chi connectivity index (χ1) is 8.97. The molecule has 0 spiro atoms. The zero-order valence-electron chi connectivity index (χ0n) is 10.4. The van der Waals surface area contributed by atoms with Crippen molar-refractivity contribution in [3.05, 3.63) is 39.4 Å². The zero-order chi connectivity index (χ0) is 14.0. The minimum Gasteiger partial charge on any atom is -0.311 e.